The van der Waals surface area contributed by atoms with Crippen molar-refractivity contribution in [2.75, 3.05) is 0 Å². The van der Waals surface area contributed by atoms with Crippen LogP contribution in [0.4, 0.5) is 0 Å². The molecular weight excluding hydrogens is 1050 g/mol. The molecule has 0 radical (unpaired) electrons. The van der Waals surface area contributed by atoms with E-state index in [9.17, 15) is 21.0 Å². The Kier molecular flexibility index (Phi) is 35.2. The second kappa shape index (κ2) is 41.7. The van der Waals surface area contributed by atoms with Gasteiger partial charge >= 0.3 is 0 Å². The van der Waals surface area contributed by atoms with Crippen LogP contribution >= 0.6 is 45.3 Å². The Morgan fingerprint density at radius 2 is 0.550 bits per heavy atom. The van der Waals surface area contributed by atoms with Gasteiger partial charge in [-0.3, -0.25) is 0 Å². The lowest BCUT2D eigenvalue weighted by Crippen LogP contribution is -2.08. The van der Waals surface area contributed by atoms with Crippen molar-refractivity contribution in [1.82, 2.24) is 0 Å². The van der Waals surface area contributed by atoms with Crippen LogP contribution in [0.15, 0.2) is 12.1 Å². The highest BCUT2D eigenvalue weighted by atomic mass is 32.1. The second-order valence-corrected chi connectivity index (χ2v) is 28.5. The van der Waals surface area contributed by atoms with Crippen LogP contribution in [0.3, 0.4) is 0 Å². The average molecular weight is 1160 g/mol. The van der Waals surface area contributed by atoms with Crippen LogP contribution in [0.2, 0.25) is 0 Å². The van der Waals surface area contributed by atoms with Crippen molar-refractivity contribution in [3.63, 3.8) is 0 Å². The number of benzene rings is 1. The minimum atomic E-state index is 0.253. The summed E-state index contributed by atoms with van der Waals surface area (Å²) < 4.78 is 9.19. The lowest BCUT2D eigenvalue weighted by atomic mass is 9.89. The molecule has 5 rings (SSSR count). The van der Waals surface area contributed by atoms with Gasteiger partial charge in [-0.15, -0.1) is 45.3 Å². The molecule has 80 heavy (non-hydrogen) atoms. The largest absolute Gasteiger partial charge is 0.192 e. The van der Waals surface area contributed by atoms with Crippen LogP contribution in [0.1, 0.15) is 321 Å². The highest BCUT2D eigenvalue weighted by Crippen LogP contribution is 2.46. The Labute approximate surface area is 504 Å². The summed E-state index contributed by atoms with van der Waals surface area (Å²) in [6, 6.07) is 13.9. The highest BCUT2D eigenvalue weighted by Gasteiger charge is 2.22. The fourth-order valence-corrected chi connectivity index (χ4v) is 18.5. The molecule has 0 aliphatic rings. The van der Waals surface area contributed by atoms with Gasteiger partial charge in [0, 0.05) is 20.2 Å². The van der Waals surface area contributed by atoms with E-state index in [1.807, 2.05) is 22.7 Å². The Morgan fingerprint density at radius 3 is 0.800 bits per heavy atom. The SMILES string of the molecule is CCCCCCCCCCCCC(CCCCCCCCCC)CCCc1c(=C(C#N)C#N)sc2c1sc1cc3c(cc12)sc1c(CCCC(CCCCCCCCCC)CCCCCCCCCCCC)c(=C(C#N)C#N)sc13. The number of hydrogen-bond acceptors (Lipinski definition) is 8. The van der Waals surface area contributed by atoms with Crippen molar-refractivity contribution in [3.05, 3.63) is 32.3 Å². The van der Waals surface area contributed by atoms with Gasteiger partial charge in [-0.2, -0.15) is 21.0 Å². The molecule has 1 aromatic carbocycles. The van der Waals surface area contributed by atoms with Gasteiger partial charge in [0.05, 0.1) is 27.9 Å². The zero-order chi connectivity index (χ0) is 56.8. The van der Waals surface area contributed by atoms with Crippen LogP contribution in [0, 0.1) is 57.2 Å². The Balaban J connectivity index is 1.32. The fourth-order valence-electron chi connectivity index (χ4n) is 12.9. The first kappa shape index (κ1) is 67.5. The molecule has 440 valence electrons. The van der Waals surface area contributed by atoms with Gasteiger partial charge in [0.25, 0.3) is 0 Å². The first-order valence-corrected chi connectivity index (χ1v) is 36.9. The van der Waals surface area contributed by atoms with E-state index in [1.54, 1.807) is 22.7 Å². The summed E-state index contributed by atoms with van der Waals surface area (Å²) in [6.07, 6.45) is 61.0. The van der Waals surface area contributed by atoms with Gasteiger partial charge in [0.1, 0.15) is 35.4 Å². The van der Waals surface area contributed by atoms with E-state index in [4.69, 9.17) is 0 Å². The maximum Gasteiger partial charge on any atom is 0.147 e. The summed E-state index contributed by atoms with van der Waals surface area (Å²) in [7, 11) is 0. The summed E-state index contributed by atoms with van der Waals surface area (Å²) in [5.74, 6) is 1.48. The Bertz CT molecular complexity index is 2570. The Morgan fingerprint density at radius 1 is 0.312 bits per heavy atom. The summed E-state index contributed by atoms with van der Waals surface area (Å²) in [5.41, 5.74) is 2.92. The number of nitrogens with zero attached hydrogens (tertiary/aromatic N) is 4. The van der Waals surface area contributed by atoms with Gasteiger partial charge in [-0.25, -0.2) is 0 Å². The summed E-state index contributed by atoms with van der Waals surface area (Å²) in [5, 5.41) is 43.6. The van der Waals surface area contributed by atoms with E-state index in [-0.39, 0.29) is 11.1 Å². The van der Waals surface area contributed by atoms with E-state index in [0.29, 0.717) is 0 Å². The zero-order valence-electron chi connectivity index (χ0n) is 51.3. The summed E-state index contributed by atoms with van der Waals surface area (Å²) in [6.45, 7) is 9.20. The number of nitriles is 4. The molecule has 8 heteroatoms. The molecule has 4 aromatic heterocycles. The number of fused-ring (bicyclic) bond motifs is 6. The third-order valence-electron chi connectivity index (χ3n) is 17.8. The van der Waals surface area contributed by atoms with E-state index < -0.39 is 0 Å². The first-order chi connectivity index (χ1) is 39.5. The normalized spacial score (nSPS) is 12.4. The molecule has 5 aromatic rings. The van der Waals surface area contributed by atoms with E-state index >= 15 is 0 Å². The number of hydrogen-bond donors (Lipinski definition) is 0. The maximum absolute atomic E-state index is 10.3. The minimum absolute atomic E-state index is 0.253. The highest BCUT2D eigenvalue weighted by molar-refractivity contribution is 7.34. The topological polar surface area (TPSA) is 95.2 Å². The standard InChI is InChI=1S/C72H108N4S4/c1-5-9-13-17-21-25-27-31-35-39-45-57(43-37-33-29-23-19-15-11-7-3)47-41-49-61-67(59(53-73)54-74)79-71-63-51-66-64(52-65(63)77-69(61)71)72-70(78-66)62(68(80-72)60(55-75)56-76)50-42-48-58(44-38-34-30-24-20-16-12-8-4)46-40-36-32-28-26-22-18-14-10-6-2/h51-52,57-58H,5-50H2,1-4H3. The number of unbranched alkanes of at least 4 members (excludes halogenated alkanes) is 32. The zero-order valence-corrected chi connectivity index (χ0v) is 54.5. The number of rotatable bonds is 48. The predicted octanol–water partition coefficient (Wildman–Crippen LogP) is 24.5. The van der Waals surface area contributed by atoms with Crippen molar-refractivity contribution in [2.24, 2.45) is 11.8 Å². The molecule has 0 amide bonds. The van der Waals surface area contributed by atoms with Crippen LogP contribution in [0.5, 0.6) is 0 Å². The third kappa shape index (κ3) is 23.1. The van der Waals surface area contributed by atoms with Gasteiger partial charge < -0.3 is 0 Å². The molecule has 0 fully saturated rings. The fraction of sp³-hybridized carbons (Fsp3) is 0.722. The van der Waals surface area contributed by atoms with E-state index in [1.165, 1.54) is 320 Å². The minimum Gasteiger partial charge on any atom is -0.192 e. The predicted molar refractivity (Wildman–Crippen MR) is 357 cm³/mol. The molecule has 4 nitrogen and oxygen atoms in total. The number of thiophene rings is 4. The van der Waals surface area contributed by atoms with Crippen LogP contribution < -0.4 is 9.06 Å². The van der Waals surface area contributed by atoms with Gasteiger partial charge in [0.15, 0.2) is 0 Å². The van der Waals surface area contributed by atoms with Crippen LogP contribution in [0.25, 0.3) is 50.1 Å². The first-order valence-electron chi connectivity index (χ1n) is 33.7. The summed E-state index contributed by atoms with van der Waals surface area (Å²) >= 11 is 7.00. The lowest BCUT2D eigenvalue weighted by Gasteiger charge is -2.17. The van der Waals surface area contributed by atoms with E-state index in [0.717, 1.165) is 46.6 Å². The van der Waals surface area contributed by atoms with Gasteiger partial charge in [0.2, 0.25) is 0 Å². The molecule has 2 atom stereocenters. The van der Waals surface area contributed by atoms with Crippen molar-refractivity contribution in [3.8, 4) is 24.3 Å². The van der Waals surface area contributed by atoms with Crippen molar-refractivity contribution in [1.29, 1.82) is 21.0 Å². The molecule has 0 saturated carbocycles. The van der Waals surface area contributed by atoms with Crippen molar-refractivity contribution >= 4 is 95.5 Å². The van der Waals surface area contributed by atoms with E-state index in [2.05, 4.69) is 64.1 Å². The Hall–Kier alpha value is -3.24. The van der Waals surface area contributed by atoms with Crippen LogP contribution in [-0.2, 0) is 12.8 Å². The molecule has 0 aliphatic carbocycles. The molecule has 4 heterocycles. The van der Waals surface area contributed by atoms with Gasteiger partial charge in [-0.1, -0.05) is 297 Å². The third-order valence-corrected chi connectivity index (χ3v) is 23.0. The second-order valence-electron chi connectivity index (χ2n) is 24.4. The molecule has 2 unspecified atom stereocenters. The molecule has 0 spiro atoms. The van der Waals surface area contributed by atoms with Crippen molar-refractivity contribution < 1.29 is 0 Å². The lowest BCUT2D eigenvalue weighted by molar-refractivity contribution is 0.372. The molecule has 0 N–H and O–H groups in total. The van der Waals surface area contributed by atoms with Gasteiger partial charge in [-0.05, 0) is 60.8 Å². The maximum atomic E-state index is 10.3. The number of aryl methyl sites for hydroxylation is 2. The average Bonchev–Trinajstić information content (AvgIpc) is 4.23. The molecule has 0 bridgehead atoms. The summed E-state index contributed by atoms with van der Waals surface area (Å²) in [4.78, 5) is 0. The van der Waals surface area contributed by atoms with Crippen LogP contribution in [-0.4, -0.2) is 0 Å². The smallest absolute Gasteiger partial charge is 0.147 e. The quantitative estimate of drug-likeness (QED) is 0.0363. The monoisotopic (exact) mass is 1160 g/mol. The van der Waals surface area contributed by atoms with Crippen molar-refractivity contribution in [2.45, 2.75) is 323 Å². The molecule has 0 saturated heterocycles. The molecule has 0 aliphatic heterocycles. The molecular formula is C72H108N4S4.